The highest BCUT2D eigenvalue weighted by Gasteiger charge is 2.27. The minimum atomic E-state index is -1.60. The number of amides is 2. The fourth-order valence-electron chi connectivity index (χ4n) is 1.80. The van der Waals surface area contributed by atoms with E-state index < -0.39 is 12.3 Å². The lowest BCUT2D eigenvalue weighted by molar-refractivity contribution is -0.284. The first-order chi connectivity index (χ1) is 12.8. The van der Waals surface area contributed by atoms with Gasteiger partial charge in [-0.25, -0.2) is 0 Å². The van der Waals surface area contributed by atoms with Gasteiger partial charge in [-0.2, -0.15) is 0 Å². The van der Waals surface area contributed by atoms with E-state index in [1.54, 1.807) is 6.92 Å². The van der Waals surface area contributed by atoms with Crippen LogP contribution in [0.5, 0.6) is 0 Å². The number of hydrogen-bond acceptors (Lipinski definition) is 10. The van der Waals surface area contributed by atoms with Gasteiger partial charge >= 0.3 is 0 Å². The van der Waals surface area contributed by atoms with Crippen LogP contribution in [0.2, 0.25) is 0 Å². The fourth-order valence-corrected chi connectivity index (χ4v) is 1.80. The van der Waals surface area contributed by atoms with Crippen LogP contribution in [-0.2, 0) is 28.5 Å². The Bertz CT molecular complexity index is 509. The van der Waals surface area contributed by atoms with Crippen molar-refractivity contribution in [1.29, 1.82) is 0 Å². The van der Waals surface area contributed by atoms with Crippen LogP contribution in [0.4, 0.5) is 9.59 Å². The van der Waals surface area contributed by atoms with Crippen molar-refractivity contribution >= 4 is 24.1 Å². The molecule has 0 radical (unpaired) electrons. The van der Waals surface area contributed by atoms with Gasteiger partial charge in [0.15, 0.2) is 0 Å². The molecule has 0 fully saturated rings. The summed E-state index contributed by atoms with van der Waals surface area (Å²) in [5.74, 6) is -0.297. The van der Waals surface area contributed by atoms with Gasteiger partial charge in [0.05, 0.1) is 39.6 Å². The maximum atomic E-state index is 11.2. The second-order valence-electron chi connectivity index (χ2n) is 4.83. The fraction of sp³-hybridized carbons (Fsp3) is 0.625. The first-order valence-corrected chi connectivity index (χ1v) is 8.22. The number of carbonyl (C=O) groups is 4. The number of hydrogen-bond donors (Lipinski definition) is 0. The van der Waals surface area contributed by atoms with Crippen molar-refractivity contribution in [3.63, 3.8) is 0 Å². The molecule has 0 bridgehead atoms. The van der Waals surface area contributed by atoms with Gasteiger partial charge < -0.3 is 38.7 Å². The molecule has 154 valence electrons. The number of likely N-dealkylation sites (N-methyl/N-ethyl adjacent to an activating group) is 1. The van der Waals surface area contributed by atoms with Crippen molar-refractivity contribution in [2.24, 2.45) is 0 Å². The second-order valence-corrected chi connectivity index (χ2v) is 4.83. The van der Waals surface area contributed by atoms with Crippen molar-refractivity contribution in [2.45, 2.75) is 20.3 Å². The normalized spacial score (nSPS) is 13.0. The third-order valence-electron chi connectivity index (χ3n) is 3.05. The smallest absolute Gasteiger partial charge is 0.256 e. The molecule has 0 saturated heterocycles. The van der Waals surface area contributed by atoms with Crippen molar-refractivity contribution in [1.82, 2.24) is 4.90 Å². The number of ether oxygens (including phenoxy) is 4. The summed E-state index contributed by atoms with van der Waals surface area (Å²) in [7, 11) is 0. The Morgan fingerprint density at radius 3 is 1.63 bits per heavy atom. The topological polar surface area (TPSA) is 155 Å². The number of carboxylic acid groups (broad SMARTS) is 2. The number of rotatable bonds is 11. The summed E-state index contributed by atoms with van der Waals surface area (Å²) in [4.78, 5) is 43.0. The summed E-state index contributed by atoms with van der Waals surface area (Å²) in [6.07, 6.45) is -1.13. The Balaban J connectivity index is 0.000000533. The maximum Gasteiger partial charge on any atom is 0.256 e. The molecule has 0 aliphatic carbocycles. The lowest BCUT2D eigenvalue weighted by atomic mass is 10.2. The van der Waals surface area contributed by atoms with Gasteiger partial charge in [0.2, 0.25) is 0 Å². The molecule has 0 saturated carbocycles. The van der Waals surface area contributed by atoms with E-state index in [9.17, 15) is 29.4 Å². The zero-order chi connectivity index (χ0) is 20.7. The minimum absolute atomic E-state index is 0.101. The van der Waals surface area contributed by atoms with Gasteiger partial charge in [-0.1, -0.05) is 6.92 Å². The Kier molecular flexibility index (Phi) is 13.1. The number of imide groups is 1. The molecule has 1 rings (SSSR count). The van der Waals surface area contributed by atoms with E-state index in [4.69, 9.17) is 9.47 Å². The third-order valence-corrected chi connectivity index (χ3v) is 3.05. The summed E-state index contributed by atoms with van der Waals surface area (Å²) in [5, 5.41) is 19.6. The summed E-state index contributed by atoms with van der Waals surface area (Å²) < 4.78 is 17.9. The minimum Gasteiger partial charge on any atom is -0.547 e. The van der Waals surface area contributed by atoms with Crippen molar-refractivity contribution < 1.29 is 48.3 Å². The largest absolute Gasteiger partial charge is 0.547 e. The van der Waals surface area contributed by atoms with Crippen LogP contribution in [0.25, 0.3) is 0 Å². The molecule has 2 amide bonds. The van der Waals surface area contributed by atoms with E-state index in [-0.39, 0.29) is 51.5 Å². The lowest BCUT2D eigenvalue weighted by Crippen LogP contribution is -2.30. The van der Waals surface area contributed by atoms with Gasteiger partial charge in [0, 0.05) is 18.2 Å². The second kappa shape index (κ2) is 14.5. The molecule has 0 spiro atoms. The molecule has 27 heavy (non-hydrogen) atoms. The van der Waals surface area contributed by atoms with Crippen LogP contribution in [0.1, 0.15) is 20.3 Å². The number of nitrogens with zero attached hydrogens (tertiary/aromatic N) is 1. The SMILES string of the molecule is CCC1=CC(=O)N(CC)C1=O.O=C([O-])OCCOCCOCCOC(=O)[O-]. The molecule has 0 aromatic carbocycles. The number of carbonyl (C=O) groups excluding carboxylic acids is 4. The highest BCUT2D eigenvalue weighted by molar-refractivity contribution is 6.16. The van der Waals surface area contributed by atoms with Gasteiger partial charge in [-0.05, 0) is 13.3 Å². The third kappa shape index (κ3) is 11.5. The molecule has 0 aromatic rings. The monoisotopic (exact) mass is 389 g/mol. The van der Waals surface area contributed by atoms with Crippen molar-refractivity contribution in [3.05, 3.63) is 11.6 Å². The average molecular weight is 389 g/mol. The van der Waals surface area contributed by atoms with Crippen LogP contribution in [-0.4, -0.2) is 75.2 Å². The molecule has 11 heteroatoms. The van der Waals surface area contributed by atoms with Gasteiger partial charge in [-0.3, -0.25) is 14.5 Å². The van der Waals surface area contributed by atoms with E-state index in [1.165, 1.54) is 11.0 Å². The molecule has 0 aromatic heterocycles. The molecule has 0 atom stereocenters. The standard InChI is InChI=1S/C8H11NO2.C8H14O8/c1-3-6-5-7(10)9(4-2)8(6)11;9-7(10)15-5-3-13-1-2-14-4-6-16-8(11)12/h5H,3-4H2,1-2H3;1-6H2,(H,9,10)(H,11,12)/p-2. The molecule has 1 heterocycles. The van der Waals surface area contributed by atoms with Crippen molar-refractivity contribution in [3.8, 4) is 0 Å². The molecule has 1 aliphatic heterocycles. The molecule has 11 nitrogen and oxygen atoms in total. The predicted molar refractivity (Wildman–Crippen MR) is 85.1 cm³/mol. The van der Waals surface area contributed by atoms with Gasteiger partial charge in [0.1, 0.15) is 0 Å². The molecular formula is C16H23NO10-2. The molecule has 0 N–H and O–H groups in total. The summed E-state index contributed by atoms with van der Waals surface area (Å²) in [6.45, 7) is 4.62. The van der Waals surface area contributed by atoms with E-state index in [2.05, 4.69) is 9.47 Å². The summed E-state index contributed by atoms with van der Waals surface area (Å²) in [6, 6.07) is 0. The van der Waals surface area contributed by atoms with Crippen LogP contribution in [0.15, 0.2) is 11.6 Å². The Morgan fingerprint density at radius 1 is 0.889 bits per heavy atom. The zero-order valence-electron chi connectivity index (χ0n) is 15.3. The highest BCUT2D eigenvalue weighted by atomic mass is 16.7. The Hall–Kier alpha value is -2.66. The molecular weight excluding hydrogens is 366 g/mol. The van der Waals surface area contributed by atoms with Crippen LogP contribution in [0.3, 0.4) is 0 Å². The average Bonchev–Trinajstić information content (AvgIpc) is 2.89. The first kappa shape index (κ1) is 24.3. The zero-order valence-corrected chi connectivity index (χ0v) is 15.3. The Morgan fingerprint density at radius 2 is 1.33 bits per heavy atom. The van der Waals surface area contributed by atoms with Crippen molar-refractivity contribution in [2.75, 3.05) is 46.2 Å². The van der Waals surface area contributed by atoms with Crippen LogP contribution >= 0.6 is 0 Å². The van der Waals surface area contributed by atoms with E-state index in [1.807, 2.05) is 6.92 Å². The van der Waals surface area contributed by atoms with Gasteiger partial charge in [-0.15, -0.1) is 0 Å². The van der Waals surface area contributed by atoms with E-state index in [0.717, 1.165) is 0 Å². The molecule has 1 aliphatic rings. The van der Waals surface area contributed by atoms with Gasteiger partial charge in [0.25, 0.3) is 24.1 Å². The van der Waals surface area contributed by atoms with Crippen LogP contribution < -0.4 is 10.2 Å². The van der Waals surface area contributed by atoms with E-state index >= 15 is 0 Å². The quantitative estimate of drug-likeness (QED) is 0.230. The predicted octanol–water partition coefficient (Wildman–Crippen LogP) is -1.55. The Labute approximate surface area is 156 Å². The van der Waals surface area contributed by atoms with Crippen LogP contribution in [0, 0.1) is 0 Å². The summed E-state index contributed by atoms with van der Waals surface area (Å²) >= 11 is 0. The summed E-state index contributed by atoms with van der Waals surface area (Å²) in [5.41, 5.74) is 0.622. The maximum absolute atomic E-state index is 11.2. The molecule has 0 unspecified atom stereocenters. The van der Waals surface area contributed by atoms with E-state index in [0.29, 0.717) is 18.5 Å². The lowest BCUT2D eigenvalue weighted by Gasteiger charge is -2.10. The highest BCUT2D eigenvalue weighted by Crippen LogP contribution is 2.14. The first-order valence-electron chi connectivity index (χ1n) is 8.22.